The largest absolute Gasteiger partial charge is 0.363 e. The van der Waals surface area contributed by atoms with Crippen molar-refractivity contribution in [1.29, 1.82) is 0 Å². The lowest BCUT2D eigenvalue weighted by atomic mass is 10.4. The van der Waals surface area contributed by atoms with Crippen LogP contribution in [0.15, 0.2) is 18.3 Å². The maximum Gasteiger partial charge on any atom is 0.284 e. The summed E-state index contributed by atoms with van der Waals surface area (Å²) in [6.07, 6.45) is 1.61. The summed E-state index contributed by atoms with van der Waals surface area (Å²) in [5.41, 5.74) is 6.24. The molecule has 14 heavy (non-hydrogen) atoms. The number of rotatable bonds is 1. The number of primary amides is 1. The number of fused-ring (bicyclic) bond motifs is 1. The van der Waals surface area contributed by atoms with E-state index in [-0.39, 0.29) is 30.6 Å². The van der Waals surface area contributed by atoms with Gasteiger partial charge >= 0.3 is 0 Å². The molecule has 0 bridgehead atoms. The Hall–Kier alpha value is -1.33. The maximum absolute atomic E-state index is 10.7. The van der Waals surface area contributed by atoms with Gasteiger partial charge in [0, 0.05) is 6.20 Å². The summed E-state index contributed by atoms with van der Waals surface area (Å²) in [6, 6.07) is 3.53. The predicted octanol–water partition coefficient (Wildman–Crippen LogP) is 0.900. The molecule has 2 rings (SSSR count). The Morgan fingerprint density at radius 2 is 2.14 bits per heavy atom. The molecule has 0 aliphatic rings. The molecule has 0 aromatic carbocycles. The molecule has 2 heterocycles. The molecule has 0 radical (unpaired) electrons. The van der Waals surface area contributed by atoms with Crippen molar-refractivity contribution in [1.82, 2.24) is 15.0 Å². The van der Waals surface area contributed by atoms with Crippen molar-refractivity contribution in [2.75, 3.05) is 0 Å². The molecule has 0 atom stereocenters. The number of imidazole rings is 1. The Labute approximate surface area is 91.9 Å². The van der Waals surface area contributed by atoms with Gasteiger partial charge in [0.1, 0.15) is 0 Å². The van der Waals surface area contributed by atoms with Gasteiger partial charge in [-0.1, -0.05) is 0 Å². The number of amides is 1. The summed E-state index contributed by atoms with van der Waals surface area (Å²) >= 11 is 0. The molecule has 1 amide bonds. The van der Waals surface area contributed by atoms with Crippen molar-refractivity contribution < 1.29 is 4.79 Å². The van der Waals surface area contributed by atoms with Gasteiger partial charge in [0.05, 0.1) is 5.52 Å². The van der Waals surface area contributed by atoms with Gasteiger partial charge in [-0.2, -0.15) is 0 Å². The van der Waals surface area contributed by atoms with Gasteiger partial charge in [-0.05, 0) is 12.1 Å². The fraction of sp³-hybridized carbons (Fsp3) is 0. The lowest BCUT2D eigenvalue weighted by molar-refractivity contribution is 0.0991. The Bertz CT molecular complexity index is 409. The molecule has 0 saturated carbocycles. The second kappa shape index (κ2) is 4.78. The van der Waals surface area contributed by atoms with Crippen LogP contribution in [0.3, 0.4) is 0 Å². The Balaban J connectivity index is 0.000000845. The Morgan fingerprint density at radius 1 is 1.43 bits per heavy atom. The third-order valence-corrected chi connectivity index (χ3v) is 1.49. The summed E-state index contributed by atoms with van der Waals surface area (Å²) < 4.78 is 0. The highest BCUT2D eigenvalue weighted by Crippen LogP contribution is 2.05. The highest BCUT2D eigenvalue weighted by molar-refractivity contribution is 5.92. The minimum Gasteiger partial charge on any atom is -0.363 e. The van der Waals surface area contributed by atoms with E-state index in [4.69, 9.17) is 5.73 Å². The van der Waals surface area contributed by atoms with Crippen molar-refractivity contribution in [2.24, 2.45) is 5.73 Å². The summed E-state index contributed by atoms with van der Waals surface area (Å²) in [5.74, 6) is -0.434. The number of hydrogen-bond acceptors (Lipinski definition) is 3. The first-order valence-corrected chi connectivity index (χ1v) is 3.38. The van der Waals surface area contributed by atoms with E-state index in [2.05, 4.69) is 15.0 Å². The van der Waals surface area contributed by atoms with E-state index in [0.717, 1.165) is 0 Å². The van der Waals surface area contributed by atoms with Crippen LogP contribution in [-0.4, -0.2) is 20.9 Å². The molecule has 0 unspecified atom stereocenters. The van der Waals surface area contributed by atoms with E-state index in [1.165, 1.54) is 0 Å². The normalized spacial score (nSPS) is 8.86. The van der Waals surface area contributed by atoms with Crippen molar-refractivity contribution in [2.45, 2.75) is 0 Å². The fourth-order valence-corrected chi connectivity index (χ4v) is 0.962. The topological polar surface area (TPSA) is 84.7 Å². The van der Waals surface area contributed by atoms with Crippen LogP contribution < -0.4 is 5.73 Å². The predicted molar refractivity (Wildman–Crippen MR) is 56.9 cm³/mol. The molecular formula is C7H8Cl2N4O. The number of pyridine rings is 1. The summed E-state index contributed by atoms with van der Waals surface area (Å²) in [6.45, 7) is 0. The van der Waals surface area contributed by atoms with Crippen LogP contribution in [0, 0.1) is 0 Å². The van der Waals surface area contributed by atoms with Gasteiger partial charge in [-0.25, -0.2) is 9.97 Å². The molecule has 0 spiro atoms. The van der Waals surface area contributed by atoms with Crippen molar-refractivity contribution in [3.05, 3.63) is 24.2 Å². The van der Waals surface area contributed by atoms with Gasteiger partial charge in [-0.3, -0.25) is 4.79 Å². The first-order chi connectivity index (χ1) is 5.77. The van der Waals surface area contributed by atoms with Crippen molar-refractivity contribution in [3.8, 4) is 0 Å². The standard InChI is InChI=1S/C7H6N4O.2ClH/c8-5(12)7-10-4-2-1-3-9-6(4)11-7;;/h1-3H,(H2,8,12)(H,9,10,11);2*1H. The minimum atomic E-state index is -0.576. The number of carbonyl (C=O) groups excluding carboxylic acids is 1. The highest BCUT2D eigenvalue weighted by Gasteiger charge is 2.06. The molecule has 0 fully saturated rings. The number of halogens is 2. The highest BCUT2D eigenvalue weighted by atomic mass is 35.5. The zero-order valence-corrected chi connectivity index (χ0v) is 8.56. The average molecular weight is 235 g/mol. The van der Waals surface area contributed by atoms with Crippen LogP contribution in [-0.2, 0) is 0 Å². The zero-order chi connectivity index (χ0) is 8.55. The number of nitrogens with one attached hydrogen (secondary N) is 1. The van der Waals surface area contributed by atoms with E-state index in [1.54, 1.807) is 18.3 Å². The second-order valence-corrected chi connectivity index (χ2v) is 2.32. The van der Waals surface area contributed by atoms with Crippen LogP contribution >= 0.6 is 24.8 Å². The van der Waals surface area contributed by atoms with Crippen LogP contribution in [0.4, 0.5) is 0 Å². The second-order valence-electron chi connectivity index (χ2n) is 2.32. The number of aromatic nitrogens is 3. The molecule has 7 heteroatoms. The summed E-state index contributed by atoms with van der Waals surface area (Å²) in [4.78, 5) is 21.2. The Morgan fingerprint density at radius 3 is 2.71 bits per heavy atom. The van der Waals surface area contributed by atoms with Gasteiger partial charge in [0.15, 0.2) is 11.5 Å². The minimum absolute atomic E-state index is 0. The van der Waals surface area contributed by atoms with E-state index >= 15 is 0 Å². The van der Waals surface area contributed by atoms with Gasteiger partial charge in [0.25, 0.3) is 5.91 Å². The number of nitrogens with two attached hydrogens (primary N) is 1. The van der Waals surface area contributed by atoms with Gasteiger partial charge in [0.2, 0.25) is 0 Å². The number of hydrogen-bond donors (Lipinski definition) is 2. The lowest BCUT2D eigenvalue weighted by Crippen LogP contribution is -2.12. The van der Waals surface area contributed by atoms with Crippen LogP contribution in [0.5, 0.6) is 0 Å². The monoisotopic (exact) mass is 234 g/mol. The summed E-state index contributed by atoms with van der Waals surface area (Å²) in [5, 5.41) is 0. The van der Waals surface area contributed by atoms with Crippen molar-refractivity contribution in [3.63, 3.8) is 0 Å². The van der Waals surface area contributed by atoms with E-state index < -0.39 is 5.91 Å². The molecule has 3 N–H and O–H groups in total. The molecule has 5 nitrogen and oxygen atoms in total. The number of nitrogens with zero attached hydrogens (tertiary/aromatic N) is 2. The first-order valence-electron chi connectivity index (χ1n) is 3.38. The summed E-state index contributed by atoms with van der Waals surface area (Å²) in [7, 11) is 0. The molecule has 2 aromatic heterocycles. The van der Waals surface area contributed by atoms with Gasteiger partial charge < -0.3 is 10.7 Å². The number of carbonyl (C=O) groups is 1. The van der Waals surface area contributed by atoms with E-state index in [1.807, 2.05) is 0 Å². The van der Waals surface area contributed by atoms with Gasteiger partial charge in [-0.15, -0.1) is 24.8 Å². The third-order valence-electron chi connectivity index (χ3n) is 1.49. The number of H-pyrrole nitrogens is 1. The molecular weight excluding hydrogens is 227 g/mol. The molecule has 0 aliphatic heterocycles. The maximum atomic E-state index is 10.7. The SMILES string of the molecule is Cl.Cl.NC(=O)c1nc2ncccc2[nH]1. The molecule has 76 valence electrons. The third kappa shape index (κ3) is 2.12. The zero-order valence-electron chi connectivity index (χ0n) is 6.93. The quantitative estimate of drug-likeness (QED) is 0.769. The van der Waals surface area contributed by atoms with E-state index in [9.17, 15) is 4.79 Å². The van der Waals surface area contributed by atoms with E-state index in [0.29, 0.717) is 11.2 Å². The van der Waals surface area contributed by atoms with Crippen LogP contribution in [0.2, 0.25) is 0 Å². The van der Waals surface area contributed by atoms with Crippen molar-refractivity contribution >= 4 is 41.9 Å². The fourth-order valence-electron chi connectivity index (χ4n) is 0.962. The smallest absolute Gasteiger partial charge is 0.284 e. The van der Waals surface area contributed by atoms with Crippen LogP contribution in [0.1, 0.15) is 10.6 Å². The van der Waals surface area contributed by atoms with Crippen LogP contribution in [0.25, 0.3) is 11.2 Å². The first kappa shape index (κ1) is 12.7. The Kier molecular flexibility index (Phi) is 4.33. The number of aromatic amines is 1. The molecule has 0 saturated heterocycles. The molecule has 0 aliphatic carbocycles. The average Bonchev–Trinajstić information content (AvgIpc) is 2.46. The lowest BCUT2D eigenvalue weighted by Gasteiger charge is -1.81. The molecule has 2 aromatic rings.